The van der Waals surface area contributed by atoms with E-state index in [-0.39, 0.29) is 5.41 Å². The molecule has 1 atom stereocenters. The molecule has 108 valence electrons. The van der Waals surface area contributed by atoms with Crippen molar-refractivity contribution in [1.82, 2.24) is 4.90 Å². The van der Waals surface area contributed by atoms with Crippen molar-refractivity contribution in [3.8, 4) is 0 Å². The predicted octanol–water partition coefficient (Wildman–Crippen LogP) is 1.41. The van der Waals surface area contributed by atoms with Crippen molar-refractivity contribution in [2.45, 2.75) is 6.42 Å². The zero-order valence-electron chi connectivity index (χ0n) is 11.8. The van der Waals surface area contributed by atoms with Crippen LogP contribution >= 0.6 is 0 Å². The minimum Gasteiger partial charge on any atom is -0.380 e. The molecule has 3 rings (SSSR count). The van der Waals surface area contributed by atoms with Crippen LogP contribution in [0.3, 0.4) is 0 Å². The Hall–Kier alpha value is -1.39. The van der Waals surface area contributed by atoms with E-state index in [2.05, 4.69) is 34.1 Å². The molecule has 0 aliphatic carbocycles. The first-order chi connectivity index (χ1) is 9.81. The molecule has 1 aromatic rings. The van der Waals surface area contributed by atoms with Gasteiger partial charge in [-0.15, -0.1) is 0 Å². The molecular formula is C16H22N2O2. The average Bonchev–Trinajstić information content (AvgIpc) is 2.98. The predicted molar refractivity (Wildman–Crippen MR) is 79.0 cm³/mol. The van der Waals surface area contributed by atoms with E-state index in [4.69, 9.17) is 4.74 Å². The summed E-state index contributed by atoms with van der Waals surface area (Å²) in [5.74, 6) is 0. The summed E-state index contributed by atoms with van der Waals surface area (Å²) in [6.45, 7) is 6.26. The number of ether oxygens (including phenoxy) is 1. The van der Waals surface area contributed by atoms with Gasteiger partial charge in [0.15, 0.2) is 0 Å². The SMILES string of the molecule is O=CC1(CN2CCN(c3ccccc3)CC2)CCOC1. The lowest BCUT2D eigenvalue weighted by atomic mass is 9.88. The number of anilines is 1. The van der Waals surface area contributed by atoms with Gasteiger partial charge >= 0.3 is 0 Å². The highest BCUT2D eigenvalue weighted by Crippen LogP contribution is 2.28. The molecule has 0 aromatic heterocycles. The molecule has 1 aromatic carbocycles. The Morgan fingerprint density at radius 1 is 1.15 bits per heavy atom. The van der Waals surface area contributed by atoms with Crippen LogP contribution in [-0.4, -0.2) is 57.1 Å². The van der Waals surface area contributed by atoms with Crippen LogP contribution in [0.25, 0.3) is 0 Å². The number of benzene rings is 1. The van der Waals surface area contributed by atoms with Crippen molar-refractivity contribution in [1.29, 1.82) is 0 Å². The van der Waals surface area contributed by atoms with E-state index in [0.717, 1.165) is 52.0 Å². The molecule has 0 radical (unpaired) electrons. The quantitative estimate of drug-likeness (QED) is 0.777. The number of aldehydes is 1. The lowest BCUT2D eigenvalue weighted by Crippen LogP contribution is -2.50. The summed E-state index contributed by atoms with van der Waals surface area (Å²) in [6.07, 6.45) is 1.99. The van der Waals surface area contributed by atoms with Crippen LogP contribution in [0.15, 0.2) is 30.3 Å². The van der Waals surface area contributed by atoms with Crippen molar-refractivity contribution < 1.29 is 9.53 Å². The summed E-state index contributed by atoms with van der Waals surface area (Å²) in [6, 6.07) is 10.5. The Balaban J connectivity index is 1.55. The smallest absolute Gasteiger partial charge is 0.129 e. The second-order valence-electron chi connectivity index (χ2n) is 5.88. The lowest BCUT2D eigenvalue weighted by Gasteiger charge is -2.38. The van der Waals surface area contributed by atoms with Crippen LogP contribution in [0.1, 0.15) is 6.42 Å². The van der Waals surface area contributed by atoms with Crippen LogP contribution in [0.4, 0.5) is 5.69 Å². The molecule has 2 saturated heterocycles. The van der Waals surface area contributed by atoms with Crippen molar-refractivity contribution in [2.24, 2.45) is 5.41 Å². The van der Waals surface area contributed by atoms with Crippen LogP contribution in [0.2, 0.25) is 0 Å². The Morgan fingerprint density at radius 3 is 2.50 bits per heavy atom. The topological polar surface area (TPSA) is 32.8 Å². The minimum atomic E-state index is -0.255. The summed E-state index contributed by atoms with van der Waals surface area (Å²) in [5.41, 5.74) is 1.04. The summed E-state index contributed by atoms with van der Waals surface area (Å²) in [4.78, 5) is 16.2. The molecule has 4 heteroatoms. The summed E-state index contributed by atoms with van der Waals surface area (Å²) in [7, 11) is 0. The molecule has 0 saturated carbocycles. The molecule has 2 fully saturated rings. The fourth-order valence-electron chi connectivity index (χ4n) is 3.13. The standard InChI is InChI=1S/C16H22N2O2/c19-13-16(6-11-20-14-16)12-17-7-9-18(10-8-17)15-4-2-1-3-5-15/h1-5,13H,6-12,14H2. The molecule has 2 aliphatic rings. The Labute approximate surface area is 120 Å². The second-order valence-corrected chi connectivity index (χ2v) is 5.88. The summed E-state index contributed by atoms with van der Waals surface area (Å²) >= 11 is 0. The number of para-hydroxylation sites is 1. The van der Waals surface area contributed by atoms with Crippen LogP contribution in [0.5, 0.6) is 0 Å². The van der Waals surface area contributed by atoms with Gasteiger partial charge in [-0.25, -0.2) is 0 Å². The summed E-state index contributed by atoms with van der Waals surface area (Å²) in [5, 5.41) is 0. The van der Waals surface area contributed by atoms with Gasteiger partial charge in [0.1, 0.15) is 6.29 Å². The van der Waals surface area contributed by atoms with E-state index in [9.17, 15) is 4.79 Å². The highest BCUT2D eigenvalue weighted by Gasteiger charge is 2.37. The van der Waals surface area contributed by atoms with E-state index in [1.54, 1.807) is 0 Å². The normalized spacial score (nSPS) is 27.7. The maximum absolute atomic E-state index is 11.4. The third-order valence-electron chi connectivity index (χ3n) is 4.42. The van der Waals surface area contributed by atoms with Gasteiger partial charge in [-0.3, -0.25) is 4.90 Å². The molecule has 20 heavy (non-hydrogen) atoms. The van der Waals surface area contributed by atoms with Crippen molar-refractivity contribution in [3.63, 3.8) is 0 Å². The van der Waals surface area contributed by atoms with Crippen LogP contribution in [0, 0.1) is 5.41 Å². The van der Waals surface area contributed by atoms with Gasteiger partial charge in [0.2, 0.25) is 0 Å². The highest BCUT2D eigenvalue weighted by atomic mass is 16.5. The Bertz CT molecular complexity index is 435. The van der Waals surface area contributed by atoms with Crippen LogP contribution < -0.4 is 4.90 Å². The highest BCUT2D eigenvalue weighted by molar-refractivity contribution is 5.60. The maximum atomic E-state index is 11.4. The van der Waals surface area contributed by atoms with E-state index in [1.807, 2.05) is 6.07 Å². The summed E-state index contributed by atoms with van der Waals surface area (Å²) < 4.78 is 5.41. The Morgan fingerprint density at radius 2 is 1.90 bits per heavy atom. The Kier molecular flexibility index (Phi) is 4.03. The number of rotatable bonds is 4. The van der Waals surface area contributed by atoms with Gasteiger partial charge in [0.25, 0.3) is 0 Å². The molecule has 1 unspecified atom stereocenters. The van der Waals surface area contributed by atoms with E-state index in [0.29, 0.717) is 6.61 Å². The molecule has 0 spiro atoms. The third kappa shape index (κ3) is 2.86. The number of piperazine rings is 1. The number of carbonyl (C=O) groups is 1. The molecule has 2 heterocycles. The first kappa shape index (κ1) is 13.6. The van der Waals surface area contributed by atoms with Gasteiger partial charge < -0.3 is 14.4 Å². The zero-order valence-corrected chi connectivity index (χ0v) is 11.8. The number of hydrogen-bond donors (Lipinski definition) is 0. The lowest BCUT2D eigenvalue weighted by molar-refractivity contribution is -0.117. The first-order valence-electron chi connectivity index (χ1n) is 7.38. The van der Waals surface area contributed by atoms with E-state index in [1.165, 1.54) is 5.69 Å². The van der Waals surface area contributed by atoms with E-state index >= 15 is 0 Å². The zero-order chi connectivity index (χ0) is 13.8. The monoisotopic (exact) mass is 274 g/mol. The number of hydrogen-bond acceptors (Lipinski definition) is 4. The average molecular weight is 274 g/mol. The van der Waals surface area contributed by atoms with Crippen molar-refractivity contribution in [3.05, 3.63) is 30.3 Å². The van der Waals surface area contributed by atoms with Crippen molar-refractivity contribution in [2.75, 3.05) is 50.8 Å². The molecular weight excluding hydrogens is 252 g/mol. The van der Waals surface area contributed by atoms with Gasteiger partial charge in [-0.05, 0) is 18.6 Å². The molecule has 0 amide bonds. The fourth-order valence-corrected chi connectivity index (χ4v) is 3.13. The third-order valence-corrected chi connectivity index (χ3v) is 4.42. The fraction of sp³-hybridized carbons (Fsp3) is 0.562. The largest absolute Gasteiger partial charge is 0.380 e. The van der Waals surface area contributed by atoms with Crippen LogP contribution in [-0.2, 0) is 9.53 Å². The van der Waals surface area contributed by atoms with Crippen molar-refractivity contribution >= 4 is 12.0 Å². The minimum absolute atomic E-state index is 0.255. The second kappa shape index (κ2) is 5.94. The molecule has 2 aliphatic heterocycles. The molecule has 0 N–H and O–H groups in total. The molecule has 4 nitrogen and oxygen atoms in total. The van der Waals surface area contributed by atoms with E-state index < -0.39 is 0 Å². The molecule has 0 bridgehead atoms. The first-order valence-corrected chi connectivity index (χ1v) is 7.38. The number of carbonyl (C=O) groups excluding carboxylic acids is 1. The maximum Gasteiger partial charge on any atom is 0.129 e. The van der Waals surface area contributed by atoms with Gasteiger partial charge in [-0.2, -0.15) is 0 Å². The van der Waals surface area contributed by atoms with Gasteiger partial charge in [-0.1, -0.05) is 18.2 Å². The van der Waals surface area contributed by atoms with Gasteiger partial charge in [0.05, 0.1) is 12.0 Å². The van der Waals surface area contributed by atoms with Gasteiger partial charge in [0, 0.05) is 45.0 Å². The number of nitrogens with zero attached hydrogens (tertiary/aromatic N) is 2.